The van der Waals surface area contributed by atoms with E-state index in [-0.39, 0.29) is 17.9 Å². The molecule has 3 amide bonds. The maximum Gasteiger partial charge on any atom is 0.328 e. The Morgan fingerprint density at radius 2 is 1.78 bits per heavy atom. The lowest BCUT2D eigenvalue weighted by Crippen LogP contribution is -2.58. The number of carboxylic acid groups (broad SMARTS) is 1. The Morgan fingerprint density at radius 3 is 2.26 bits per heavy atom. The molecule has 10 heteroatoms. The first-order chi connectivity index (χ1) is 12.7. The van der Waals surface area contributed by atoms with Crippen molar-refractivity contribution in [2.24, 2.45) is 5.92 Å². The van der Waals surface area contributed by atoms with Gasteiger partial charge in [-0.1, -0.05) is 20.3 Å². The topological polar surface area (TPSA) is 157 Å². The van der Waals surface area contributed by atoms with E-state index in [1.165, 1.54) is 6.92 Å². The molecule has 1 aliphatic rings. The summed E-state index contributed by atoms with van der Waals surface area (Å²) in [6.45, 7) is 5.10. The molecule has 1 saturated heterocycles. The molecule has 1 fully saturated rings. The van der Waals surface area contributed by atoms with Crippen LogP contribution < -0.4 is 21.3 Å². The fraction of sp³-hybridized carbons (Fsp3) is 0.765. The highest BCUT2D eigenvalue weighted by Gasteiger charge is 2.32. The summed E-state index contributed by atoms with van der Waals surface area (Å²) < 4.78 is 0. The number of carboxylic acids is 1. The zero-order chi connectivity index (χ0) is 20.6. The summed E-state index contributed by atoms with van der Waals surface area (Å²) >= 11 is 0. The Morgan fingerprint density at radius 1 is 1.11 bits per heavy atom. The zero-order valence-electron chi connectivity index (χ0n) is 15.9. The molecule has 0 aromatic carbocycles. The van der Waals surface area contributed by atoms with Gasteiger partial charge in [0, 0.05) is 0 Å². The minimum Gasteiger partial charge on any atom is -0.480 e. The fourth-order valence-electron chi connectivity index (χ4n) is 2.72. The largest absolute Gasteiger partial charge is 0.480 e. The minimum absolute atomic E-state index is 0.158. The number of nitrogens with one attached hydrogen (secondary N) is 4. The monoisotopic (exact) mass is 386 g/mol. The van der Waals surface area contributed by atoms with Gasteiger partial charge < -0.3 is 31.5 Å². The van der Waals surface area contributed by atoms with Crippen molar-refractivity contribution in [3.63, 3.8) is 0 Å². The minimum atomic E-state index is -1.45. The summed E-state index contributed by atoms with van der Waals surface area (Å²) in [4.78, 5) is 47.9. The summed E-state index contributed by atoms with van der Waals surface area (Å²) in [5.74, 6) is -3.05. The van der Waals surface area contributed by atoms with E-state index < -0.39 is 42.5 Å². The summed E-state index contributed by atoms with van der Waals surface area (Å²) in [5, 5.41) is 28.3. The maximum absolute atomic E-state index is 12.6. The molecule has 1 heterocycles. The van der Waals surface area contributed by atoms with Gasteiger partial charge in [-0.05, 0) is 32.2 Å². The highest BCUT2D eigenvalue weighted by molar-refractivity contribution is 5.94. The van der Waals surface area contributed by atoms with Crippen LogP contribution in [0.4, 0.5) is 0 Å². The van der Waals surface area contributed by atoms with E-state index >= 15 is 0 Å². The second-order valence-corrected chi connectivity index (χ2v) is 6.83. The van der Waals surface area contributed by atoms with Gasteiger partial charge in [-0.25, -0.2) is 4.79 Å². The van der Waals surface area contributed by atoms with E-state index in [2.05, 4.69) is 21.3 Å². The summed E-state index contributed by atoms with van der Waals surface area (Å²) in [6, 6.07) is -3.62. The number of amides is 3. The quantitative estimate of drug-likeness (QED) is 0.262. The number of aliphatic hydroxyl groups is 1. The van der Waals surface area contributed by atoms with Crippen molar-refractivity contribution in [3.8, 4) is 0 Å². The van der Waals surface area contributed by atoms with Gasteiger partial charge in [-0.15, -0.1) is 0 Å². The van der Waals surface area contributed by atoms with Gasteiger partial charge in [0.2, 0.25) is 17.7 Å². The molecule has 10 nitrogen and oxygen atoms in total. The molecule has 0 aliphatic carbocycles. The van der Waals surface area contributed by atoms with E-state index in [0.717, 1.165) is 13.0 Å². The number of carbonyl (C=O) groups excluding carboxylic acids is 3. The lowest BCUT2D eigenvalue weighted by Gasteiger charge is -2.26. The Labute approximate surface area is 158 Å². The SMILES string of the molecule is CCC(C)C(NC(=O)C1CCCN1)C(=O)NC(C)C(=O)NC(CO)C(=O)O. The van der Waals surface area contributed by atoms with Gasteiger partial charge >= 0.3 is 5.97 Å². The fourth-order valence-corrected chi connectivity index (χ4v) is 2.72. The number of aliphatic hydroxyl groups excluding tert-OH is 1. The number of hydrogen-bond acceptors (Lipinski definition) is 6. The molecular weight excluding hydrogens is 356 g/mol. The molecule has 27 heavy (non-hydrogen) atoms. The Bertz CT molecular complexity index is 550. The molecular formula is C17H30N4O6. The number of carbonyl (C=O) groups is 4. The predicted molar refractivity (Wildman–Crippen MR) is 96.7 cm³/mol. The second kappa shape index (κ2) is 10.8. The normalized spacial score (nSPS) is 20.8. The number of aliphatic carboxylic acids is 1. The van der Waals surface area contributed by atoms with Crippen LogP contribution in [0.25, 0.3) is 0 Å². The van der Waals surface area contributed by atoms with Crippen molar-refractivity contribution in [1.29, 1.82) is 0 Å². The van der Waals surface area contributed by atoms with E-state index in [9.17, 15) is 19.2 Å². The average Bonchev–Trinajstić information content (AvgIpc) is 3.17. The molecule has 154 valence electrons. The lowest BCUT2D eigenvalue weighted by molar-refractivity contribution is -0.143. The van der Waals surface area contributed by atoms with Crippen LogP contribution in [0.2, 0.25) is 0 Å². The molecule has 1 aliphatic heterocycles. The van der Waals surface area contributed by atoms with Gasteiger partial charge in [0.25, 0.3) is 0 Å². The van der Waals surface area contributed by atoms with Crippen LogP contribution >= 0.6 is 0 Å². The van der Waals surface area contributed by atoms with E-state index in [0.29, 0.717) is 12.8 Å². The smallest absolute Gasteiger partial charge is 0.328 e. The Hall–Kier alpha value is -2.20. The second-order valence-electron chi connectivity index (χ2n) is 6.83. The maximum atomic E-state index is 12.6. The third kappa shape index (κ3) is 6.79. The van der Waals surface area contributed by atoms with Crippen LogP contribution in [0.1, 0.15) is 40.0 Å². The van der Waals surface area contributed by atoms with E-state index in [4.69, 9.17) is 10.2 Å². The lowest BCUT2D eigenvalue weighted by atomic mass is 9.97. The van der Waals surface area contributed by atoms with Crippen molar-refractivity contribution >= 4 is 23.7 Å². The van der Waals surface area contributed by atoms with Gasteiger partial charge in [0.1, 0.15) is 18.1 Å². The van der Waals surface area contributed by atoms with Crippen LogP contribution in [0.3, 0.4) is 0 Å². The molecule has 0 bridgehead atoms. The van der Waals surface area contributed by atoms with Crippen LogP contribution in [0.5, 0.6) is 0 Å². The molecule has 5 atom stereocenters. The van der Waals surface area contributed by atoms with Gasteiger partial charge in [-0.3, -0.25) is 14.4 Å². The van der Waals surface area contributed by atoms with Crippen LogP contribution in [0.15, 0.2) is 0 Å². The van der Waals surface area contributed by atoms with Gasteiger partial charge in [0.15, 0.2) is 0 Å². The third-order valence-electron chi connectivity index (χ3n) is 4.72. The first-order valence-electron chi connectivity index (χ1n) is 9.19. The molecule has 5 unspecified atom stereocenters. The molecule has 0 saturated carbocycles. The van der Waals surface area contributed by atoms with E-state index in [1.54, 1.807) is 0 Å². The highest BCUT2D eigenvalue weighted by Crippen LogP contribution is 2.11. The summed E-state index contributed by atoms with van der Waals surface area (Å²) in [6.07, 6.45) is 2.24. The standard InChI is InChI=1S/C17H30N4O6/c1-4-9(2)13(21-15(24)11-6-5-7-18-11)16(25)19-10(3)14(23)20-12(8-22)17(26)27/h9-13,18,22H,4-8H2,1-3H3,(H,19,25)(H,20,23)(H,21,24)(H,26,27). The molecule has 0 spiro atoms. The van der Waals surface area contributed by atoms with Crippen molar-refractivity contribution in [2.45, 2.75) is 64.2 Å². The average molecular weight is 386 g/mol. The molecule has 0 radical (unpaired) electrons. The van der Waals surface area contributed by atoms with Crippen molar-refractivity contribution in [2.75, 3.05) is 13.2 Å². The first kappa shape index (κ1) is 22.8. The molecule has 1 rings (SSSR count). The Balaban J connectivity index is 2.70. The van der Waals surface area contributed by atoms with E-state index in [1.807, 2.05) is 13.8 Å². The first-order valence-corrected chi connectivity index (χ1v) is 9.19. The van der Waals surface area contributed by atoms with Gasteiger partial charge in [-0.2, -0.15) is 0 Å². The number of hydrogen-bond donors (Lipinski definition) is 6. The van der Waals surface area contributed by atoms with Crippen molar-refractivity contribution in [1.82, 2.24) is 21.3 Å². The Kier molecular flexibility index (Phi) is 9.16. The van der Waals surface area contributed by atoms with Crippen molar-refractivity contribution < 1.29 is 29.4 Å². The zero-order valence-corrected chi connectivity index (χ0v) is 15.9. The molecule has 0 aromatic heterocycles. The van der Waals surface area contributed by atoms with Crippen LogP contribution in [0, 0.1) is 5.92 Å². The van der Waals surface area contributed by atoms with Gasteiger partial charge in [0.05, 0.1) is 12.6 Å². The summed E-state index contributed by atoms with van der Waals surface area (Å²) in [5.41, 5.74) is 0. The van der Waals surface area contributed by atoms with Crippen molar-refractivity contribution in [3.05, 3.63) is 0 Å². The van der Waals surface area contributed by atoms with Crippen LogP contribution in [-0.4, -0.2) is 71.2 Å². The predicted octanol–water partition coefficient (Wildman–Crippen LogP) is -1.66. The van der Waals surface area contributed by atoms with Crippen LogP contribution in [-0.2, 0) is 19.2 Å². The number of rotatable bonds is 10. The molecule has 0 aromatic rings. The third-order valence-corrected chi connectivity index (χ3v) is 4.72. The summed E-state index contributed by atoms with van der Waals surface area (Å²) in [7, 11) is 0. The molecule has 6 N–H and O–H groups in total. The highest BCUT2D eigenvalue weighted by atomic mass is 16.4.